The highest BCUT2D eigenvalue weighted by atomic mass is 32.2. The summed E-state index contributed by atoms with van der Waals surface area (Å²) in [5, 5.41) is 9.36. The number of aromatic nitrogens is 2. The highest BCUT2D eigenvalue weighted by Gasteiger charge is 2.38. The summed E-state index contributed by atoms with van der Waals surface area (Å²) < 4.78 is 41.6. The van der Waals surface area contributed by atoms with Crippen LogP contribution in [0.3, 0.4) is 0 Å². The van der Waals surface area contributed by atoms with Crippen LogP contribution in [0.25, 0.3) is 11.4 Å². The third-order valence-electron chi connectivity index (χ3n) is 3.53. The minimum Gasteiger partial charge on any atom is -0.329 e. The number of anilines is 1. The Kier molecular flexibility index (Phi) is 5.28. The summed E-state index contributed by atoms with van der Waals surface area (Å²) >= 11 is 1.81. The topological polar surface area (TPSA) is 80.0 Å². The van der Waals surface area contributed by atoms with Crippen LogP contribution in [0.2, 0.25) is 0 Å². The number of carbonyl (C=O) groups is 1. The van der Waals surface area contributed by atoms with Gasteiger partial charge in [-0.1, -0.05) is 5.16 Å². The van der Waals surface area contributed by atoms with Crippen LogP contribution in [0.5, 0.6) is 0 Å². The van der Waals surface area contributed by atoms with Gasteiger partial charge in [0, 0.05) is 41.8 Å². The fourth-order valence-electron chi connectivity index (χ4n) is 2.35. The van der Waals surface area contributed by atoms with E-state index in [1.165, 1.54) is 12.1 Å². The molecule has 0 saturated carbocycles. The molecule has 1 aliphatic rings. The van der Waals surface area contributed by atoms with Gasteiger partial charge in [0.25, 0.3) is 0 Å². The smallest absolute Gasteiger partial charge is 0.329 e. The predicted molar refractivity (Wildman–Crippen MR) is 87.1 cm³/mol. The van der Waals surface area contributed by atoms with Crippen molar-refractivity contribution in [2.45, 2.75) is 18.6 Å². The standard InChI is InChI=1S/C15H15F3N4O2S/c16-15(17,18)14-21-13(22-24-14)9-1-3-10(4-2-9)20-12(23)7-11-8-25-6-5-19-11/h1-4,11,19H,5-8H2,(H,20,23). The van der Waals surface area contributed by atoms with Crippen LogP contribution >= 0.6 is 11.8 Å². The van der Waals surface area contributed by atoms with Gasteiger partial charge in [0.05, 0.1) is 0 Å². The third-order valence-corrected chi connectivity index (χ3v) is 4.66. The number of thioether (sulfide) groups is 1. The number of amides is 1. The van der Waals surface area contributed by atoms with E-state index >= 15 is 0 Å². The Balaban J connectivity index is 1.60. The average Bonchev–Trinajstić information content (AvgIpc) is 3.07. The van der Waals surface area contributed by atoms with E-state index in [2.05, 4.69) is 25.3 Å². The number of alkyl halides is 3. The molecule has 2 aromatic rings. The minimum atomic E-state index is -4.68. The van der Waals surface area contributed by atoms with Gasteiger partial charge in [-0.3, -0.25) is 4.79 Å². The Labute approximate surface area is 145 Å². The first-order valence-electron chi connectivity index (χ1n) is 7.54. The van der Waals surface area contributed by atoms with Crippen molar-refractivity contribution in [2.75, 3.05) is 23.4 Å². The van der Waals surface area contributed by atoms with Gasteiger partial charge in [-0.05, 0) is 24.3 Å². The Hall–Kier alpha value is -2.07. The Morgan fingerprint density at radius 3 is 2.72 bits per heavy atom. The van der Waals surface area contributed by atoms with Crippen LogP contribution in [-0.2, 0) is 11.0 Å². The first kappa shape index (κ1) is 17.7. The molecule has 10 heteroatoms. The van der Waals surface area contributed by atoms with Gasteiger partial charge >= 0.3 is 12.1 Å². The second-order valence-corrected chi connectivity index (χ2v) is 6.63. The molecule has 0 radical (unpaired) electrons. The Bertz CT molecular complexity index is 727. The van der Waals surface area contributed by atoms with Gasteiger partial charge in [0.2, 0.25) is 11.7 Å². The fraction of sp³-hybridized carbons (Fsp3) is 0.400. The highest BCUT2D eigenvalue weighted by Crippen LogP contribution is 2.29. The van der Waals surface area contributed by atoms with Crippen molar-refractivity contribution in [3.05, 3.63) is 30.2 Å². The first-order chi connectivity index (χ1) is 11.9. The van der Waals surface area contributed by atoms with E-state index in [9.17, 15) is 18.0 Å². The second-order valence-electron chi connectivity index (χ2n) is 5.48. The summed E-state index contributed by atoms with van der Waals surface area (Å²) in [4.78, 5) is 15.3. The Morgan fingerprint density at radius 2 is 2.12 bits per heavy atom. The molecule has 134 valence electrons. The number of nitrogens with one attached hydrogen (secondary N) is 2. The summed E-state index contributed by atoms with van der Waals surface area (Å²) in [5.74, 6) is 0.273. The number of rotatable bonds is 4. The van der Waals surface area contributed by atoms with Crippen LogP contribution in [-0.4, -0.2) is 40.1 Å². The van der Waals surface area contributed by atoms with E-state index in [0.717, 1.165) is 18.1 Å². The lowest BCUT2D eigenvalue weighted by atomic mass is 10.2. The van der Waals surface area contributed by atoms with Crippen molar-refractivity contribution in [3.8, 4) is 11.4 Å². The van der Waals surface area contributed by atoms with Gasteiger partial charge in [0.15, 0.2) is 0 Å². The van der Waals surface area contributed by atoms with Crippen molar-refractivity contribution in [1.82, 2.24) is 15.5 Å². The molecule has 6 nitrogen and oxygen atoms in total. The zero-order valence-electron chi connectivity index (χ0n) is 13.0. The molecule has 1 aromatic heterocycles. The molecule has 2 N–H and O–H groups in total. The Morgan fingerprint density at radius 1 is 1.36 bits per heavy atom. The highest BCUT2D eigenvalue weighted by molar-refractivity contribution is 7.99. The number of hydrogen-bond acceptors (Lipinski definition) is 6. The van der Waals surface area contributed by atoms with Gasteiger partial charge < -0.3 is 15.2 Å². The van der Waals surface area contributed by atoms with Crippen LogP contribution < -0.4 is 10.6 Å². The molecule has 1 saturated heterocycles. The molecule has 3 rings (SSSR count). The quantitative estimate of drug-likeness (QED) is 0.859. The lowest BCUT2D eigenvalue weighted by Gasteiger charge is -2.22. The van der Waals surface area contributed by atoms with Crippen molar-refractivity contribution in [2.24, 2.45) is 0 Å². The molecule has 1 atom stereocenters. The summed E-state index contributed by atoms with van der Waals surface area (Å²) in [6, 6.07) is 6.36. The lowest BCUT2D eigenvalue weighted by Crippen LogP contribution is -2.39. The summed E-state index contributed by atoms with van der Waals surface area (Å²) in [6.07, 6.45) is -4.31. The second kappa shape index (κ2) is 7.44. The van der Waals surface area contributed by atoms with Gasteiger partial charge in [-0.25, -0.2) is 0 Å². The maximum absolute atomic E-state index is 12.5. The minimum absolute atomic E-state index is 0.119. The zero-order valence-corrected chi connectivity index (χ0v) is 13.8. The average molecular weight is 372 g/mol. The first-order valence-corrected chi connectivity index (χ1v) is 8.69. The van der Waals surface area contributed by atoms with Crippen LogP contribution in [0, 0.1) is 0 Å². The number of carbonyl (C=O) groups excluding carboxylic acids is 1. The van der Waals surface area contributed by atoms with Gasteiger partial charge in [-0.15, -0.1) is 0 Å². The molecule has 25 heavy (non-hydrogen) atoms. The van der Waals surface area contributed by atoms with Crippen LogP contribution in [0.1, 0.15) is 12.3 Å². The molecule has 1 amide bonds. The normalized spacial score (nSPS) is 18.1. The number of benzene rings is 1. The van der Waals surface area contributed by atoms with E-state index in [1.807, 2.05) is 11.8 Å². The lowest BCUT2D eigenvalue weighted by molar-refractivity contribution is -0.159. The van der Waals surface area contributed by atoms with E-state index in [1.54, 1.807) is 12.1 Å². The third kappa shape index (κ3) is 4.73. The molecule has 0 bridgehead atoms. The molecular formula is C15H15F3N4O2S. The molecule has 1 unspecified atom stereocenters. The maximum Gasteiger partial charge on any atom is 0.471 e. The van der Waals surface area contributed by atoms with Crippen LogP contribution in [0.15, 0.2) is 28.8 Å². The van der Waals surface area contributed by atoms with E-state index in [-0.39, 0.29) is 17.8 Å². The largest absolute Gasteiger partial charge is 0.471 e. The molecule has 1 aromatic carbocycles. The molecular weight excluding hydrogens is 357 g/mol. The van der Waals surface area contributed by atoms with Crippen molar-refractivity contribution >= 4 is 23.4 Å². The molecule has 2 heterocycles. The van der Waals surface area contributed by atoms with Crippen molar-refractivity contribution in [1.29, 1.82) is 0 Å². The monoisotopic (exact) mass is 372 g/mol. The van der Waals surface area contributed by atoms with Crippen molar-refractivity contribution < 1.29 is 22.5 Å². The van der Waals surface area contributed by atoms with E-state index < -0.39 is 12.1 Å². The number of halogens is 3. The van der Waals surface area contributed by atoms with E-state index in [0.29, 0.717) is 17.7 Å². The van der Waals surface area contributed by atoms with Gasteiger partial charge in [-0.2, -0.15) is 29.9 Å². The van der Waals surface area contributed by atoms with Crippen LogP contribution in [0.4, 0.5) is 18.9 Å². The summed E-state index contributed by atoms with van der Waals surface area (Å²) in [7, 11) is 0. The number of nitrogens with zero attached hydrogens (tertiary/aromatic N) is 2. The van der Waals surface area contributed by atoms with Crippen molar-refractivity contribution in [3.63, 3.8) is 0 Å². The maximum atomic E-state index is 12.5. The summed E-state index contributed by atoms with van der Waals surface area (Å²) in [6.45, 7) is 0.891. The SMILES string of the molecule is O=C(CC1CSCCN1)Nc1ccc(-c2noc(C(F)(F)F)n2)cc1. The molecule has 1 fully saturated rings. The van der Waals surface area contributed by atoms with Gasteiger partial charge in [0.1, 0.15) is 0 Å². The molecule has 0 spiro atoms. The molecule has 0 aliphatic carbocycles. The number of hydrogen-bond donors (Lipinski definition) is 2. The zero-order chi connectivity index (χ0) is 17.9. The molecule has 1 aliphatic heterocycles. The van der Waals surface area contributed by atoms with E-state index in [4.69, 9.17) is 0 Å². The predicted octanol–water partition coefficient (Wildman–Crippen LogP) is 2.79. The fourth-order valence-corrected chi connectivity index (χ4v) is 3.29. The summed E-state index contributed by atoms with van der Waals surface area (Å²) in [5.41, 5.74) is 0.916.